The summed E-state index contributed by atoms with van der Waals surface area (Å²) in [5.41, 5.74) is 0. The lowest BCUT2D eigenvalue weighted by atomic mass is 10.5. The van der Waals surface area contributed by atoms with Crippen molar-refractivity contribution in [2.24, 2.45) is 0 Å². The minimum atomic E-state index is -0.600. The molecule has 0 saturated heterocycles. The minimum absolute atomic E-state index is 0. The molecule has 0 aliphatic rings. The predicted octanol–water partition coefficient (Wildman–Crippen LogP) is -1.05. The summed E-state index contributed by atoms with van der Waals surface area (Å²) in [5.74, 6) is 0. The molecule has 0 unspecified atom stereocenters. The van der Waals surface area contributed by atoms with Gasteiger partial charge in [0.2, 0.25) is 0 Å². The van der Waals surface area contributed by atoms with E-state index >= 15 is 0 Å². The van der Waals surface area contributed by atoms with Gasteiger partial charge in [-0.3, -0.25) is 0 Å². The molecular formula is C9H13BrN3P. The van der Waals surface area contributed by atoms with Gasteiger partial charge in [0.15, 0.2) is 0 Å². The third-order valence-corrected chi connectivity index (χ3v) is 4.64. The van der Waals surface area contributed by atoms with Crippen molar-refractivity contribution in [2.75, 3.05) is 18.5 Å². The molecular weight excluding hydrogens is 261 g/mol. The maximum atomic E-state index is 8.40. The van der Waals surface area contributed by atoms with Gasteiger partial charge in [0, 0.05) is 7.92 Å². The molecule has 14 heavy (non-hydrogen) atoms. The lowest BCUT2D eigenvalue weighted by molar-refractivity contribution is -0.00000352. The van der Waals surface area contributed by atoms with Crippen molar-refractivity contribution in [2.45, 2.75) is 19.3 Å². The highest BCUT2D eigenvalue weighted by atomic mass is 79.9. The predicted molar refractivity (Wildman–Crippen MR) is 53.6 cm³/mol. The molecule has 0 atom stereocenters. The molecule has 0 aromatic rings. The summed E-state index contributed by atoms with van der Waals surface area (Å²) in [6.07, 6.45) is 4.49. The first kappa shape index (κ1) is 15.8. The van der Waals surface area contributed by atoms with Crippen LogP contribution in [-0.4, -0.2) is 18.5 Å². The summed E-state index contributed by atoms with van der Waals surface area (Å²) < 4.78 is 0. The molecule has 76 valence electrons. The van der Waals surface area contributed by atoms with Gasteiger partial charge in [-0.1, -0.05) is 0 Å². The third kappa shape index (κ3) is 9.47. The number of nitriles is 3. The Morgan fingerprint density at radius 3 is 1.21 bits per heavy atom. The minimum Gasteiger partial charge on any atom is -1.00 e. The van der Waals surface area contributed by atoms with Crippen LogP contribution in [0.2, 0.25) is 0 Å². The maximum absolute atomic E-state index is 8.40. The molecule has 0 spiro atoms. The Morgan fingerprint density at radius 2 is 1.00 bits per heavy atom. The number of hydrogen-bond acceptors (Lipinski definition) is 3. The fourth-order valence-electron chi connectivity index (χ4n) is 1.07. The van der Waals surface area contributed by atoms with E-state index in [4.69, 9.17) is 15.8 Å². The monoisotopic (exact) mass is 273 g/mol. The molecule has 0 aromatic carbocycles. The summed E-state index contributed by atoms with van der Waals surface area (Å²) >= 11 is 0. The SMILES string of the molecule is N#CCC[PH+](CCC#N)CCC#N.[Br-]. The molecule has 0 fully saturated rings. The Labute approximate surface area is 96.8 Å². The van der Waals surface area contributed by atoms with Crippen LogP contribution < -0.4 is 17.0 Å². The van der Waals surface area contributed by atoms with Crippen LogP contribution in [-0.2, 0) is 0 Å². The van der Waals surface area contributed by atoms with Gasteiger partial charge in [-0.15, -0.1) is 0 Å². The largest absolute Gasteiger partial charge is 1.00 e. The fourth-order valence-corrected chi connectivity index (χ4v) is 3.22. The van der Waals surface area contributed by atoms with Gasteiger partial charge in [0.1, 0.15) is 0 Å². The second-order valence-electron chi connectivity index (χ2n) is 2.72. The molecule has 5 heteroatoms. The van der Waals surface area contributed by atoms with Crippen LogP contribution in [0, 0.1) is 34.0 Å². The molecule has 0 N–H and O–H groups in total. The van der Waals surface area contributed by atoms with Crippen molar-refractivity contribution >= 4 is 7.92 Å². The van der Waals surface area contributed by atoms with Crippen molar-refractivity contribution in [1.82, 2.24) is 0 Å². The quantitative estimate of drug-likeness (QED) is 0.580. The summed E-state index contributed by atoms with van der Waals surface area (Å²) in [6.45, 7) is 0. The number of rotatable bonds is 6. The fraction of sp³-hybridized carbons (Fsp3) is 0.667. The Bertz CT molecular complexity index is 205. The molecule has 0 aliphatic carbocycles. The first-order valence-corrected chi connectivity index (χ1v) is 6.41. The second-order valence-corrected chi connectivity index (χ2v) is 5.72. The lowest BCUT2D eigenvalue weighted by Gasteiger charge is -2.03. The zero-order valence-electron chi connectivity index (χ0n) is 7.96. The van der Waals surface area contributed by atoms with Crippen LogP contribution in [0.5, 0.6) is 0 Å². The summed E-state index contributed by atoms with van der Waals surface area (Å²) in [5, 5.41) is 25.2. The highest BCUT2D eigenvalue weighted by Gasteiger charge is 2.14. The number of halogens is 1. The molecule has 0 heterocycles. The highest BCUT2D eigenvalue weighted by molar-refractivity contribution is 7.57. The van der Waals surface area contributed by atoms with Gasteiger partial charge in [-0.2, -0.15) is 15.8 Å². The smallest absolute Gasteiger partial charge is 0.0702 e. The van der Waals surface area contributed by atoms with E-state index in [-0.39, 0.29) is 17.0 Å². The van der Waals surface area contributed by atoms with Crippen LogP contribution in [0.15, 0.2) is 0 Å². The van der Waals surface area contributed by atoms with Crippen LogP contribution in [0.1, 0.15) is 19.3 Å². The molecule has 0 aromatic heterocycles. The zero-order chi connectivity index (χ0) is 9.94. The Kier molecular flexibility index (Phi) is 14.0. The van der Waals surface area contributed by atoms with Crippen LogP contribution in [0.25, 0.3) is 0 Å². The van der Waals surface area contributed by atoms with Crippen molar-refractivity contribution in [3.05, 3.63) is 0 Å². The van der Waals surface area contributed by atoms with Gasteiger partial charge in [0.05, 0.1) is 56.0 Å². The van der Waals surface area contributed by atoms with Crippen LogP contribution in [0.4, 0.5) is 0 Å². The first-order valence-electron chi connectivity index (χ1n) is 4.29. The van der Waals surface area contributed by atoms with Crippen molar-refractivity contribution in [3.63, 3.8) is 0 Å². The third-order valence-electron chi connectivity index (χ3n) is 1.77. The number of hydrogen-bond donors (Lipinski definition) is 0. The van der Waals surface area contributed by atoms with E-state index in [1.54, 1.807) is 0 Å². The second kappa shape index (κ2) is 12.4. The van der Waals surface area contributed by atoms with Crippen molar-refractivity contribution in [3.8, 4) is 18.2 Å². The highest BCUT2D eigenvalue weighted by Crippen LogP contribution is 2.37. The van der Waals surface area contributed by atoms with Gasteiger partial charge in [0.25, 0.3) is 0 Å². The molecule has 0 saturated carbocycles. The average molecular weight is 274 g/mol. The van der Waals surface area contributed by atoms with E-state index in [2.05, 4.69) is 18.2 Å². The molecule has 3 nitrogen and oxygen atoms in total. The maximum Gasteiger partial charge on any atom is 0.0702 e. The standard InChI is InChI=1S/C9H12N3P.BrH/c10-4-1-7-13(8-2-5-11)9-3-6-12;/h1-3,7-9H2;1H. The van der Waals surface area contributed by atoms with Gasteiger partial charge >= 0.3 is 0 Å². The molecule has 0 amide bonds. The first-order chi connectivity index (χ1) is 6.35. The van der Waals surface area contributed by atoms with E-state index in [1.165, 1.54) is 0 Å². The van der Waals surface area contributed by atoms with Gasteiger partial charge in [-0.25, -0.2) is 0 Å². The molecule has 0 rings (SSSR count). The van der Waals surface area contributed by atoms with E-state index in [9.17, 15) is 0 Å². The Morgan fingerprint density at radius 1 is 0.714 bits per heavy atom. The van der Waals surface area contributed by atoms with Crippen molar-refractivity contribution in [1.29, 1.82) is 15.8 Å². The Hall–Kier alpha value is -0.620. The number of nitrogens with zero attached hydrogens (tertiary/aromatic N) is 3. The zero-order valence-corrected chi connectivity index (χ0v) is 10.5. The van der Waals surface area contributed by atoms with E-state index in [0.29, 0.717) is 19.3 Å². The molecule has 0 aliphatic heterocycles. The Balaban J connectivity index is 0. The van der Waals surface area contributed by atoms with Crippen LogP contribution in [0.3, 0.4) is 0 Å². The summed E-state index contributed by atoms with van der Waals surface area (Å²) in [4.78, 5) is 0. The van der Waals surface area contributed by atoms with Crippen LogP contribution >= 0.6 is 7.92 Å². The molecule has 0 radical (unpaired) electrons. The van der Waals surface area contributed by atoms with E-state index < -0.39 is 7.92 Å². The van der Waals surface area contributed by atoms with E-state index in [0.717, 1.165) is 18.5 Å². The molecule has 0 bridgehead atoms. The summed E-state index contributed by atoms with van der Waals surface area (Å²) in [6, 6.07) is 6.33. The normalized spacial score (nSPS) is 8.14. The average Bonchev–Trinajstić information content (AvgIpc) is 2.17. The lowest BCUT2D eigenvalue weighted by Crippen LogP contribution is -3.00. The van der Waals surface area contributed by atoms with E-state index in [1.807, 2.05) is 0 Å². The topological polar surface area (TPSA) is 71.4 Å². The van der Waals surface area contributed by atoms with Crippen molar-refractivity contribution < 1.29 is 17.0 Å². The van der Waals surface area contributed by atoms with Gasteiger partial charge in [-0.05, 0) is 0 Å². The van der Waals surface area contributed by atoms with Gasteiger partial charge < -0.3 is 17.0 Å². The summed E-state index contributed by atoms with van der Waals surface area (Å²) in [7, 11) is -0.600.